The Hall–Kier alpha value is -3.09. The van der Waals surface area contributed by atoms with Crippen molar-refractivity contribution < 1.29 is 19.4 Å². The smallest absolute Gasteiger partial charge is 0.259 e. The Morgan fingerprint density at radius 2 is 1.91 bits per heavy atom. The number of phenolic OH excluding ortho intramolecular Hbond substituents is 2. The van der Waals surface area contributed by atoms with Crippen LogP contribution < -0.4 is 10.7 Å². The summed E-state index contributed by atoms with van der Waals surface area (Å²) in [6.45, 7) is -0.0372. The van der Waals surface area contributed by atoms with E-state index < -0.39 is 5.91 Å². The number of hydrogen-bond acceptors (Lipinski definition) is 5. The lowest BCUT2D eigenvalue weighted by molar-refractivity contribution is -0.119. The van der Waals surface area contributed by atoms with Crippen LogP contribution in [0.1, 0.15) is 5.56 Å². The molecule has 0 radical (unpaired) electrons. The van der Waals surface area contributed by atoms with Gasteiger partial charge in [0.05, 0.1) is 12.8 Å². The van der Waals surface area contributed by atoms with Crippen molar-refractivity contribution in [2.24, 2.45) is 5.10 Å². The summed E-state index contributed by atoms with van der Waals surface area (Å²) in [5, 5.41) is 25.2. The van der Waals surface area contributed by atoms with Gasteiger partial charge in [-0.1, -0.05) is 0 Å². The molecule has 4 N–H and O–H groups in total. The molecule has 0 fully saturated rings. The molecule has 2 aromatic rings. The number of amides is 1. The van der Waals surface area contributed by atoms with E-state index in [0.29, 0.717) is 11.3 Å². The Morgan fingerprint density at radius 3 is 2.59 bits per heavy atom. The van der Waals surface area contributed by atoms with E-state index in [4.69, 9.17) is 5.11 Å². The van der Waals surface area contributed by atoms with Gasteiger partial charge in [0, 0.05) is 17.3 Å². The molecule has 0 spiro atoms. The van der Waals surface area contributed by atoms with Crippen molar-refractivity contribution in [3.63, 3.8) is 0 Å². The molecular weight excluding hydrogens is 289 g/mol. The van der Waals surface area contributed by atoms with Gasteiger partial charge in [0.25, 0.3) is 5.91 Å². The molecule has 114 valence electrons. The van der Waals surface area contributed by atoms with Gasteiger partial charge in [-0.05, 0) is 36.4 Å². The molecule has 2 aromatic carbocycles. The average Bonchev–Trinajstić information content (AvgIpc) is 2.49. The van der Waals surface area contributed by atoms with E-state index in [1.807, 2.05) is 0 Å². The van der Waals surface area contributed by atoms with Gasteiger partial charge in [-0.15, -0.1) is 0 Å². The molecule has 0 bridgehead atoms. The van der Waals surface area contributed by atoms with E-state index in [0.717, 1.165) is 0 Å². The number of halogens is 1. The molecule has 0 unspecified atom stereocenters. The lowest BCUT2D eigenvalue weighted by atomic mass is 10.2. The van der Waals surface area contributed by atoms with Crippen LogP contribution in [0.3, 0.4) is 0 Å². The second-order valence-electron chi connectivity index (χ2n) is 4.40. The van der Waals surface area contributed by atoms with Crippen molar-refractivity contribution in [3.8, 4) is 11.5 Å². The Kier molecular flexibility index (Phi) is 4.92. The zero-order valence-electron chi connectivity index (χ0n) is 11.5. The third kappa shape index (κ3) is 4.48. The number of phenols is 2. The Morgan fingerprint density at radius 1 is 1.18 bits per heavy atom. The molecule has 6 nitrogen and oxygen atoms in total. The van der Waals surface area contributed by atoms with Crippen LogP contribution in [-0.4, -0.2) is 28.9 Å². The van der Waals surface area contributed by atoms with E-state index >= 15 is 0 Å². The van der Waals surface area contributed by atoms with Crippen molar-refractivity contribution in [2.45, 2.75) is 0 Å². The van der Waals surface area contributed by atoms with Gasteiger partial charge in [0.1, 0.15) is 17.3 Å². The molecule has 0 aromatic heterocycles. The first-order valence-electron chi connectivity index (χ1n) is 6.38. The number of carbonyl (C=O) groups is 1. The van der Waals surface area contributed by atoms with E-state index in [-0.39, 0.29) is 23.9 Å². The summed E-state index contributed by atoms with van der Waals surface area (Å²) in [7, 11) is 0. The normalized spacial score (nSPS) is 10.6. The van der Waals surface area contributed by atoms with Gasteiger partial charge in [-0.3, -0.25) is 4.79 Å². The highest BCUT2D eigenvalue weighted by Crippen LogP contribution is 2.20. The van der Waals surface area contributed by atoms with Gasteiger partial charge >= 0.3 is 0 Å². The van der Waals surface area contributed by atoms with E-state index in [1.54, 1.807) is 0 Å². The Bertz CT molecular complexity index is 687. The van der Waals surface area contributed by atoms with Crippen molar-refractivity contribution >= 4 is 17.8 Å². The second-order valence-corrected chi connectivity index (χ2v) is 4.40. The number of nitrogens with zero attached hydrogens (tertiary/aromatic N) is 1. The number of nitrogens with one attached hydrogen (secondary N) is 2. The predicted octanol–water partition coefficient (Wildman–Crippen LogP) is 1.80. The summed E-state index contributed by atoms with van der Waals surface area (Å²) in [5.41, 5.74) is 3.23. The predicted molar refractivity (Wildman–Crippen MR) is 80.4 cm³/mol. The number of benzene rings is 2. The minimum absolute atomic E-state index is 0.0372. The maximum absolute atomic E-state index is 12.7. The fraction of sp³-hybridized carbons (Fsp3) is 0.0667. The summed E-state index contributed by atoms with van der Waals surface area (Å²) in [5.74, 6) is -0.975. The number of hydrogen-bond donors (Lipinski definition) is 4. The molecule has 0 saturated carbocycles. The van der Waals surface area contributed by atoms with Crippen LogP contribution in [-0.2, 0) is 4.79 Å². The Balaban J connectivity index is 1.82. The topological polar surface area (TPSA) is 94.0 Å². The largest absolute Gasteiger partial charge is 0.508 e. The van der Waals surface area contributed by atoms with Crippen LogP contribution in [0.15, 0.2) is 47.6 Å². The molecule has 1 amide bonds. The summed E-state index contributed by atoms with van der Waals surface area (Å²) in [6.07, 6.45) is 1.25. The number of carbonyl (C=O) groups excluding carboxylic acids is 1. The molecular formula is C15H14FN3O3. The summed E-state index contributed by atoms with van der Waals surface area (Å²) in [4.78, 5) is 11.5. The van der Waals surface area contributed by atoms with Gasteiger partial charge in [0.15, 0.2) is 0 Å². The molecule has 0 heterocycles. The molecule has 0 aliphatic rings. The number of hydrazone groups is 1. The maximum Gasteiger partial charge on any atom is 0.259 e. The zero-order chi connectivity index (χ0) is 15.9. The summed E-state index contributed by atoms with van der Waals surface area (Å²) < 4.78 is 12.7. The van der Waals surface area contributed by atoms with Crippen LogP contribution in [0.4, 0.5) is 10.1 Å². The molecule has 0 aliphatic heterocycles. The molecule has 0 aliphatic carbocycles. The monoisotopic (exact) mass is 303 g/mol. The summed E-state index contributed by atoms with van der Waals surface area (Å²) >= 11 is 0. The third-order valence-corrected chi connectivity index (χ3v) is 2.70. The zero-order valence-corrected chi connectivity index (χ0v) is 11.5. The molecule has 0 atom stereocenters. The van der Waals surface area contributed by atoms with Crippen LogP contribution >= 0.6 is 0 Å². The maximum atomic E-state index is 12.7. The lowest BCUT2D eigenvalue weighted by Crippen LogP contribution is -2.25. The number of aromatic hydroxyl groups is 2. The van der Waals surface area contributed by atoms with Crippen LogP contribution in [0, 0.1) is 5.82 Å². The lowest BCUT2D eigenvalue weighted by Gasteiger charge is -2.05. The number of anilines is 1. The quantitative estimate of drug-likeness (QED) is 0.500. The van der Waals surface area contributed by atoms with Crippen LogP contribution in [0.5, 0.6) is 11.5 Å². The molecule has 7 heteroatoms. The van der Waals surface area contributed by atoms with Crippen molar-refractivity contribution in [1.82, 2.24) is 5.43 Å². The van der Waals surface area contributed by atoms with Gasteiger partial charge < -0.3 is 15.5 Å². The van der Waals surface area contributed by atoms with Crippen LogP contribution in [0.2, 0.25) is 0 Å². The van der Waals surface area contributed by atoms with E-state index in [9.17, 15) is 14.3 Å². The summed E-state index contributed by atoms with van der Waals surface area (Å²) in [6, 6.07) is 9.61. The standard InChI is InChI=1S/C15H14FN3O3/c16-11-2-4-12(5-3-11)17-9-15(22)19-18-8-10-1-6-13(20)7-14(10)21/h1-8,17,20-21H,9H2,(H,19,22)/b18-8-. The highest BCUT2D eigenvalue weighted by molar-refractivity contribution is 5.86. The molecule has 0 saturated heterocycles. The SMILES string of the molecule is O=C(CNc1ccc(F)cc1)N/N=C\c1ccc(O)cc1O. The Labute approximate surface area is 125 Å². The second kappa shape index (κ2) is 7.07. The van der Waals surface area contributed by atoms with Crippen molar-refractivity contribution in [1.29, 1.82) is 0 Å². The minimum atomic E-state index is -0.404. The fourth-order valence-corrected chi connectivity index (χ4v) is 1.60. The first-order chi connectivity index (χ1) is 10.5. The minimum Gasteiger partial charge on any atom is -0.508 e. The van der Waals surface area contributed by atoms with Crippen molar-refractivity contribution in [2.75, 3.05) is 11.9 Å². The van der Waals surface area contributed by atoms with Gasteiger partial charge in [-0.25, -0.2) is 9.82 Å². The van der Waals surface area contributed by atoms with Crippen molar-refractivity contribution in [3.05, 3.63) is 53.8 Å². The highest BCUT2D eigenvalue weighted by atomic mass is 19.1. The average molecular weight is 303 g/mol. The fourth-order valence-electron chi connectivity index (χ4n) is 1.60. The van der Waals surface area contributed by atoms with E-state index in [1.165, 1.54) is 48.7 Å². The molecule has 22 heavy (non-hydrogen) atoms. The number of rotatable bonds is 5. The van der Waals surface area contributed by atoms with E-state index in [2.05, 4.69) is 15.8 Å². The van der Waals surface area contributed by atoms with Gasteiger partial charge in [0.2, 0.25) is 0 Å². The third-order valence-electron chi connectivity index (χ3n) is 2.70. The highest BCUT2D eigenvalue weighted by Gasteiger charge is 2.01. The van der Waals surface area contributed by atoms with Crippen LogP contribution in [0.25, 0.3) is 0 Å². The van der Waals surface area contributed by atoms with Gasteiger partial charge in [-0.2, -0.15) is 5.10 Å². The molecule has 2 rings (SSSR count). The first-order valence-corrected chi connectivity index (χ1v) is 6.38. The first kappa shape index (κ1) is 15.3.